The Morgan fingerprint density at radius 1 is 1.78 bits per heavy atom. The number of aliphatic carboxylic acids is 1. The van der Waals surface area contributed by atoms with Gasteiger partial charge in [0.2, 0.25) is 0 Å². The van der Waals surface area contributed by atoms with E-state index in [1.54, 1.807) is 0 Å². The average Bonchev–Trinajstić information content (AvgIpc) is 1.65. The number of carbonyl (C=O) groups is 1. The molecule has 5 heteroatoms. The second kappa shape index (κ2) is 5.30. The van der Waals surface area contributed by atoms with E-state index in [2.05, 4.69) is 0 Å². The minimum absolute atomic E-state index is 0. The van der Waals surface area contributed by atoms with Crippen molar-refractivity contribution in [3.63, 3.8) is 0 Å². The zero-order valence-corrected chi connectivity index (χ0v) is 5.63. The lowest BCUT2D eigenvalue weighted by Crippen LogP contribution is -2.24. The molecule has 0 amide bonds. The van der Waals surface area contributed by atoms with Crippen LogP contribution in [0, 0.1) is 0 Å². The Labute approximate surface area is 59.4 Å². The van der Waals surface area contributed by atoms with Gasteiger partial charge in [0.25, 0.3) is 0 Å². The highest BCUT2D eigenvalue weighted by Gasteiger charge is 1.87. The van der Waals surface area contributed by atoms with Crippen molar-refractivity contribution in [3.05, 3.63) is 12.0 Å². The molecule has 9 heavy (non-hydrogen) atoms. The lowest BCUT2D eigenvalue weighted by Gasteiger charge is -1.97. The van der Waals surface area contributed by atoms with Crippen LogP contribution < -0.4 is 10.8 Å². The van der Waals surface area contributed by atoms with Crippen LogP contribution in [0.25, 0.3) is 0 Å². The Bertz CT molecular complexity index is 123. The van der Waals surface area contributed by atoms with Gasteiger partial charge in [0.05, 0.1) is 6.26 Å². The van der Waals surface area contributed by atoms with Gasteiger partial charge in [-0.3, -0.25) is 0 Å². The van der Waals surface area contributed by atoms with Gasteiger partial charge >= 0.3 is 0 Å². The van der Waals surface area contributed by atoms with E-state index in [0.29, 0.717) is 6.26 Å². The van der Waals surface area contributed by atoms with Gasteiger partial charge in [-0.15, -0.1) is 0 Å². The van der Waals surface area contributed by atoms with E-state index in [4.69, 9.17) is 10.8 Å². The molecule has 0 heterocycles. The second-order valence-electron chi connectivity index (χ2n) is 1.25. The van der Waals surface area contributed by atoms with Crippen molar-refractivity contribution in [1.29, 1.82) is 0 Å². The Morgan fingerprint density at radius 3 is 2.33 bits per heavy atom. The Balaban J connectivity index is 0. The summed E-state index contributed by atoms with van der Waals surface area (Å²) in [5, 5.41) is 17.6. The molecule has 54 valence electrons. The number of carbonyl (C=O) groups excluding carboxylic acids is 1. The van der Waals surface area contributed by atoms with E-state index in [1.165, 1.54) is 0 Å². The van der Waals surface area contributed by atoms with Gasteiger partial charge in [0, 0.05) is 18.1 Å². The molecule has 0 rings (SSSR count). The lowest BCUT2D eigenvalue weighted by molar-refractivity contribution is -0.304. The fourth-order valence-corrected chi connectivity index (χ4v) is 0.212. The molecule has 0 bridgehead atoms. The first-order chi connectivity index (χ1) is 3.66. The SMILES string of the molecule is NC(=CO)CC(=O)[O-].S. The Hall–Kier alpha value is -0.840. The molecule has 0 spiro atoms. The first-order valence-electron chi connectivity index (χ1n) is 1.95. The average molecular weight is 150 g/mol. The van der Waals surface area contributed by atoms with Crippen LogP contribution in [0.1, 0.15) is 6.42 Å². The van der Waals surface area contributed by atoms with E-state index in [1.807, 2.05) is 0 Å². The zero-order valence-electron chi connectivity index (χ0n) is 4.63. The maximum absolute atomic E-state index is 9.63. The molecule has 4 nitrogen and oxygen atoms in total. The summed E-state index contributed by atoms with van der Waals surface area (Å²) in [6.07, 6.45) is 0.117. The van der Waals surface area contributed by atoms with Crippen molar-refractivity contribution in [3.8, 4) is 0 Å². The minimum Gasteiger partial charge on any atom is -0.550 e. The molecule has 0 aromatic carbocycles. The minimum atomic E-state index is -1.30. The van der Waals surface area contributed by atoms with Gasteiger partial charge in [0.15, 0.2) is 0 Å². The second-order valence-corrected chi connectivity index (χ2v) is 1.25. The summed E-state index contributed by atoms with van der Waals surface area (Å²) >= 11 is 0. The molecule has 0 radical (unpaired) electrons. The topological polar surface area (TPSA) is 86.4 Å². The predicted molar refractivity (Wildman–Crippen MR) is 34.9 cm³/mol. The first-order valence-corrected chi connectivity index (χ1v) is 1.95. The van der Waals surface area contributed by atoms with Gasteiger partial charge in [-0.05, 0) is 0 Å². The summed E-state index contributed by atoms with van der Waals surface area (Å²) in [5.74, 6) is -1.30. The number of hydrogen-bond donors (Lipinski definition) is 2. The van der Waals surface area contributed by atoms with E-state index < -0.39 is 12.4 Å². The highest BCUT2D eigenvalue weighted by atomic mass is 32.1. The summed E-state index contributed by atoms with van der Waals surface area (Å²) in [6.45, 7) is 0. The van der Waals surface area contributed by atoms with Crippen LogP contribution in [-0.4, -0.2) is 11.1 Å². The monoisotopic (exact) mass is 150 g/mol. The molecule has 0 aromatic rings. The molecule has 0 unspecified atom stereocenters. The van der Waals surface area contributed by atoms with E-state index in [-0.39, 0.29) is 19.2 Å². The fraction of sp³-hybridized carbons (Fsp3) is 0.250. The molecule has 0 fully saturated rings. The third kappa shape index (κ3) is 7.16. The van der Waals surface area contributed by atoms with Crippen LogP contribution in [0.2, 0.25) is 0 Å². The standard InChI is InChI=1S/C4H7NO3.H2S/c5-3(2-6)1-4(7)8;/h2,6H,1,5H2,(H,7,8);1H2/p-1. The molecule has 0 saturated carbocycles. The van der Waals surface area contributed by atoms with E-state index >= 15 is 0 Å². The summed E-state index contributed by atoms with van der Waals surface area (Å²) in [6, 6.07) is 0. The summed E-state index contributed by atoms with van der Waals surface area (Å²) in [7, 11) is 0. The Morgan fingerprint density at radius 2 is 2.22 bits per heavy atom. The maximum Gasteiger partial charge on any atom is 0.0982 e. The molecular weight excluding hydrogens is 142 g/mol. The molecule has 0 aliphatic rings. The molecule has 0 aliphatic heterocycles. The van der Waals surface area contributed by atoms with Crippen LogP contribution in [-0.2, 0) is 4.79 Å². The van der Waals surface area contributed by atoms with Crippen LogP contribution in [0.4, 0.5) is 0 Å². The summed E-state index contributed by atoms with van der Waals surface area (Å²) in [5.41, 5.74) is 4.76. The van der Waals surface area contributed by atoms with E-state index in [9.17, 15) is 9.90 Å². The normalized spacial score (nSPS) is 10.0. The van der Waals surface area contributed by atoms with Crippen molar-refractivity contribution >= 4 is 19.5 Å². The lowest BCUT2D eigenvalue weighted by atomic mass is 10.3. The van der Waals surface area contributed by atoms with Gasteiger partial charge in [-0.2, -0.15) is 13.5 Å². The van der Waals surface area contributed by atoms with Crippen LogP contribution in [0.15, 0.2) is 12.0 Å². The molecular formula is C4H8NO3S-. The predicted octanol–water partition coefficient (Wildman–Crippen LogP) is -1.40. The van der Waals surface area contributed by atoms with Gasteiger partial charge < -0.3 is 20.7 Å². The number of hydrogen-bond acceptors (Lipinski definition) is 4. The number of nitrogens with two attached hydrogens (primary N) is 1. The summed E-state index contributed by atoms with van der Waals surface area (Å²) < 4.78 is 0. The Kier molecular flexibility index (Phi) is 6.49. The third-order valence-electron chi connectivity index (χ3n) is 0.514. The highest BCUT2D eigenvalue weighted by Crippen LogP contribution is 1.85. The van der Waals surface area contributed by atoms with Crippen LogP contribution >= 0.6 is 13.5 Å². The van der Waals surface area contributed by atoms with Crippen LogP contribution in [0.5, 0.6) is 0 Å². The number of rotatable bonds is 2. The largest absolute Gasteiger partial charge is 0.550 e. The van der Waals surface area contributed by atoms with Crippen molar-refractivity contribution in [2.24, 2.45) is 5.73 Å². The van der Waals surface area contributed by atoms with Crippen molar-refractivity contribution in [1.82, 2.24) is 0 Å². The number of aliphatic hydroxyl groups is 1. The van der Waals surface area contributed by atoms with Gasteiger partial charge in [-0.1, -0.05) is 0 Å². The van der Waals surface area contributed by atoms with Gasteiger partial charge in [0.1, 0.15) is 0 Å². The first kappa shape index (κ1) is 11.0. The molecule has 0 aromatic heterocycles. The molecule has 3 N–H and O–H groups in total. The number of aliphatic hydroxyl groups excluding tert-OH is 1. The summed E-state index contributed by atoms with van der Waals surface area (Å²) in [4.78, 5) is 9.63. The highest BCUT2D eigenvalue weighted by molar-refractivity contribution is 7.59. The smallest absolute Gasteiger partial charge is 0.0982 e. The third-order valence-corrected chi connectivity index (χ3v) is 0.514. The van der Waals surface area contributed by atoms with Crippen molar-refractivity contribution in [2.75, 3.05) is 0 Å². The quantitative estimate of drug-likeness (QED) is 0.474. The number of carboxylic acids is 1. The maximum atomic E-state index is 9.63. The van der Waals surface area contributed by atoms with Crippen LogP contribution in [0.3, 0.4) is 0 Å². The molecule has 0 saturated heterocycles. The molecule has 0 atom stereocenters. The van der Waals surface area contributed by atoms with Crippen molar-refractivity contribution < 1.29 is 15.0 Å². The van der Waals surface area contributed by atoms with E-state index in [0.717, 1.165) is 0 Å². The zero-order chi connectivity index (χ0) is 6.57. The van der Waals surface area contributed by atoms with Gasteiger partial charge in [-0.25, -0.2) is 0 Å². The van der Waals surface area contributed by atoms with Crippen molar-refractivity contribution in [2.45, 2.75) is 6.42 Å². The molecule has 0 aliphatic carbocycles. The fourth-order valence-electron chi connectivity index (χ4n) is 0.212. The number of carboxylic acid groups (broad SMARTS) is 1.